The van der Waals surface area contributed by atoms with Gasteiger partial charge in [-0.2, -0.15) is 13.2 Å². The Morgan fingerprint density at radius 3 is 2.30 bits per heavy atom. The molecular formula is C17H16F3NO2. The van der Waals surface area contributed by atoms with Crippen LogP contribution < -0.4 is 10.1 Å². The molecule has 2 aromatic rings. The van der Waals surface area contributed by atoms with Crippen molar-refractivity contribution in [2.24, 2.45) is 0 Å². The second-order valence-corrected chi connectivity index (χ2v) is 4.86. The van der Waals surface area contributed by atoms with E-state index in [0.29, 0.717) is 12.2 Å². The largest absolute Gasteiger partial charge is 0.481 e. The summed E-state index contributed by atoms with van der Waals surface area (Å²) >= 11 is 0. The highest BCUT2D eigenvalue weighted by molar-refractivity contribution is 5.95. The minimum Gasteiger partial charge on any atom is -0.481 e. The Labute approximate surface area is 132 Å². The predicted molar refractivity (Wildman–Crippen MR) is 81.2 cm³/mol. The molecule has 1 N–H and O–H groups in total. The second kappa shape index (κ2) is 7.17. The van der Waals surface area contributed by atoms with E-state index in [9.17, 15) is 18.0 Å². The molecule has 2 aromatic carbocycles. The van der Waals surface area contributed by atoms with Gasteiger partial charge in [0.2, 0.25) is 0 Å². The molecule has 1 amide bonds. The molecule has 0 radical (unpaired) electrons. The van der Waals surface area contributed by atoms with Crippen molar-refractivity contribution in [3.63, 3.8) is 0 Å². The first-order chi connectivity index (χ1) is 10.9. The Balaban J connectivity index is 2.14. The van der Waals surface area contributed by atoms with Gasteiger partial charge in [0.25, 0.3) is 5.91 Å². The van der Waals surface area contributed by atoms with Crippen molar-refractivity contribution in [2.75, 3.05) is 5.32 Å². The molecule has 1 unspecified atom stereocenters. The topological polar surface area (TPSA) is 38.3 Å². The van der Waals surface area contributed by atoms with Crippen LogP contribution in [-0.4, -0.2) is 12.0 Å². The Morgan fingerprint density at radius 1 is 1.09 bits per heavy atom. The molecule has 0 aliphatic heterocycles. The predicted octanol–water partition coefficient (Wildman–Crippen LogP) is 4.50. The van der Waals surface area contributed by atoms with Gasteiger partial charge in [0, 0.05) is 0 Å². The highest BCUT2D eigenvalue weighted by Crippen LogP contribution is 2.34. The number of hydrogen-bond donors (Lipinski definition) is 1. The number of amides is 1. The van der Waals surface area contributed by atoms with Crippen molar-refractivity contribution in [3.05, 3.63) is 60.2 Å². The number of hydrogen-bond acceptors (Lipinski definition) is 2. The lowest BCUT2D eigenvalue weighted by molar-refractivity contribution is -0.137. The third-order valence-corrected chi connectivity index (χ3v) is 3.18. The second-order valence-electron chi connectivity index (χ2n) is 4.86. The van der Waals surface area contributed by atoms with Gasteiger partial charge < -0.3 is 10.1 Å². The summed E-state index contributed by atoms with van der Waals surface area (Å²) in [4.78, 5) is 12.2. The highest BCUT2D eigenvalue weighted by Gasteiger charge is 2.34. The summed E-state index contributed by atoms with van der Waals surface area (Å²) in [5.74, 6) is -0.133. The average molecular weight is 323 g/mol. The van der Waals surface area contributed by atoms with Gasteiger partial charge in [-0.3, -0.25) is 4.79 Å². The van der Waals surface area contributed by atoms with Crippen molar-refractivity contribution in [2.45, 2.75) is 25.6 Å². The molecule has 0 fully saturated rings. The molecule has 1 atom stereocenters. The zero-order chi connectivity index (χ0) is 16.9. The first-order valence-electron chi connectivity index (χ1n) is 7.10. The molecule has 2 rings (SSSR count). The van der Waals surface area contributed by atoms with Gasteiger partial charge in [-0.15, -0.1) is 0 Å². The number of alkyl halides is 3. The summed E-state index contributed by atoms with van der Waals surface area (Å²) in [6, 6.07) is 13.5. The maximum Gasteiger partial charge on any atom is 0.418 e. The van der Waals surface area contributed by atoms with Crippen LogP contribution in [0.2, 0.25) is 0 Å². The Kier molecular flexibility index (Phi) is 5.26. The summed E-state index contributed by atoms with van der Waals surface area (Å²) in [6.07, 6.45) is -5.08. The van der Waals surface area contributed by atoms with Gasteiger partial charge in [-0.25, -0.2) is 0 Å². The fraction of sp³-hybridized carbons (Fsp3) is 0.235. The van der Waals surface area contributed by atoms with E-state index in [4.69, 9.17) is 4.74 Å². The summed E-state index contributed by atoms with van der Waals surface area (Å²) in [5, 5.41) is 2.30. The summed E-state index contributed by atoms with van der Waals surface area (Å²) in [5.41, 5.74) is -1.16. The minimum absolute atomic E-state index is 0.278. The summed E-state index contributed by atoms with van der Waals surface area (Å²) < 4.78 is 44.4. The Bertz CT molecular complexity index is 656. The molecule has 0 heterocycles. The maximum absolute atomic E-state index is 12.9. The van der Waals surface area contributed by atoms with Gasteiger partial charge in [-0.1, -0.05) is 37.3 Å². The van der Waals surface area contributed by atoms with Gasteiger partial charge in [0.1, 0.15) is 5.75 Å². The highest BCUT2D eigenvalue weighted by atomic mass is 19.4. The van der Waals surface area contributed by atoms with Crippen LogP contribution in [0.1, 0.15) is 18.9 Å². The maximum atomic E-state index is 12.9. The van der Waals surface area contributed by atoms with Crippen LogP contribution in [0.5, 0.6) is 5.75 Å². The van der Waals surface area contributed by atoms with E-state index >= 15 is 0 Å². The Hall–Kier alpha value is -2.50. The molecular weight excluding hydrogens is 307 g/mol. The lowest BCUT2D eigenvalue weighted by Crippen LogP contribution is -2.33. The fourth-order valence-corrected chi connectivity index (χ4v) is 2.04. The molecule has 6 heteroatoms. The normalized spacial score (nSPS) is 12.5. The number of anilines is 1. The third-order valence-electron chi connectivity index (χ3n) is 3.18. The Morgan fingerprint density at radius 2 is 1.70 bits per heavy atom. The molecule has 0 bridgehead atoms. The van der Waals surface area contributed by atoms with Crippen LogP contribution in [0.25, 0.3) is 0 Å². The van der Waals surface area contributed by atoms with Crippen molar-refractivity contribution in [3.8, 4) is 5.75 Å². The lowest BCUT2D eigenvalue weighted by Gasteiger charge is -2.19. The first-order valence-corrected chi connectivity index (χ1v) is 7.10. The molecule has 0 saturated heterocycles. The molecule has 0 aromatic heterocycles. The molecule has 3 nitrogen and oxygen atoms in total. The molecule has 0 spiro atoms. The number of carbonyl (C=O) groups is 1. The van der Waals surface area contributed by atoms with Crippen LogP contribution in [0.4, 0.5) is 18.9 Å². The van der Waals surface area contributed by atoms with Crippen LogP contribution >= 0.6 is 0 Å². The zero-order valence-electron chi connectivity index (χ0n) is 12.4. The SMILES string of the molecule is CCC(Oc1ccccc1)C(=O)Nc1ccccc1C(F)(F)F. The molecule has 0 saturated carbocycles. The number of rotatable bonds is 5. The monoisotopic (exact) mass is 323 g/mol. The number of halogens is 3. The minimum atomic E-state index is -4.54. The summed E-state index contributed by atoms with van der Waals surface area (Å²) in [7, 11) is 0. The smallest absolute Gasteiger partial charge is 0.418 e. The fourth-order valence-electron chi connectivity index (χ4n) is 2.04. The van der Waals surface area contributed by atoms with Gasteiger partial charge >= 0.3 is 6.18 Å². The number of benzene rings is 2. The van der Waals surface area contributed by atoms with E-state index in [0.717, 1.165) is 6.07 Å². The van der Waals surface area contributed by atoms with Crippen molar-refractivity contribution in [1.82, 2.24) is 0 Å². The third kappa shape index (κ3) is 4.48. The van der Waals surface area contributed by atoms with E-state index in [1.54, 1.807) is 37.3 Å². The number of carbonyl (C=O) groups excluding carboxylic acids is 1. The van der Waals surface area contributed by atoms with E-state index in [-0.39, 0.29) is 5.69 Å². The van der Waals surface area contributed by atoms with Crippen LogP contribution in [0.3, 0.4) is 0 Å². The number of ether oxygens (including phenoxy) is 1. The first kappa shape index (κ1) is 16.9. The van der Waals surface area contributed by atoms with Crippen molar-refractivity contribution in [1.29, 1.82) is 0 Å². The lowest BCUT2D eigenvalue weighted by atomic mass is 10.1. The van der Waals surface area contributed by atoms with Crippen molar-refractivity contribution < 1.29 is 22.7 Å². The molecule has 122 valence electrons. The zero-order valence-corrected chi connectivity index (χ0v) is 12.4. The van der Waals surface area contributed by atoms with Gasteiger partial charge in [-0.05, 0) is 30.7 Å². The van der Waals surface area contributed by atoms with E-state index in [1.807, 2.05) is 0 Å². The van der Waals surface area contributed by atoms with Crippen LogP contribution in [0, 0.1) is 0 Å². The standard InChI is InChI=1S/C17H16F3NO2/c1-2-15(23-12-8-4-3-5-9-12)16(22)21-14-11-7-6-10-13(14)17(18,19)20/h3-11,15H,2H2,1H3,(H,21,22). The van der Waals surface area contributed by atoms with E-state index < -0.39 is 23.8 Å². The van der Waals surface area contributed by atoms with Crippen molar-refractivity contribution >= 4 is 11.6 Å². The van der Waals surface area contributed by atoms with Gasteiger partial charge in [0.15, 0.2) is 6.10 Å². The quantitative estimate of drug-likeness (QED) is 0.880. The van der Waals surface area contributed by atoms with Gasteiger partial charge in [0.05, 0.1) is 11.3 Å². The van der Waals surface area contributed by atoms with Crippen LogP contribution in [-0.2, 0) is 11.0 Å². The summed E-state index contributed by atoms with van der Waals surface area (Å²) in [6.45, 7) is 1.73. The number of para-hydroxylation sites is 2. The van der Waals surface area contributed by atoms with E-state index in [2.05, 4.69) is 5.32 Å². The molecule has 23 heavy (non-hydrogen) atoms. The van der Waals surface area contributed by atoms with E-state index in [1.165, 1.54) is 18.2 Å². The molecule has 0 aliphatic rings. The average Bonchev–Trinajstić information content (AvgIpc) is 2.53. The molecule has 0 aliphatic carbocycles. The van der Waals surface area contributed by atoms with Crippen LogP contribution in [0.15, 0.2) is 54.6 Å². The number of nitrogens with one attached hydrogen (secondary N) is 1.